The van der Waals surface area contributed by atoms with Crippen LogP contribution in [0, 0.1) is 0 Å². The smallest absolute Gasteiger partial charge is 0.0817 e. The fourth-order valence-electron chi connectivity index (χ4n) is 3.52. The van der Waals surface area contributed by atoms with Crippen LogP contribution in [0.5, 0.6) is 0 Å². The highest BCUT2D eigenvalue weighted by Crippen LogP contribution is 2.42. The quantitative estimate of drug-likeness (QED) is 0.452. The predicted octanol–water partition coefficient (Wildman–Crippen LogP) is 6.08. The molecule has 2 aromatic rings. The van der Waals surface area contributed by atoms with Gasteiger partial charge >= 0.3 is 0 Å². The molecule has 0 aromatic heterocycles. The minimum Gasteiger partial charge on any atom is -0.274 e. The third kappa shape index (κ3) is 3.26. The molecule has 24 heavy (non-hydrogen) atoms. The number of rotatable bonds is 6. The summed E-state index contributed by atoms with van der Waals surface area (Å²) >= 11 is 0. The summed E-state index contributed by atoms with van der Waals surface area (Å²) in [6.45, 7) is 8.30. The molecule has 0 spiro atoms. The first-order chi connectivity index (χ1) is 11.6. The van der Waals surface area contributed by atoms with Crippen molar-refractivity contribution < 1.29 is 0 Å². The van der Waals surface area contributed by atoms with Gasteiger partial charge in [-0.15, -0.1) is 6.58 Å². The lowest BCUT2D eigenvalue weighted by atomic mass is 9.84. The van der Waals surface area contributed by atoms with Crippen molar-refractivity contribution in [3.8, 4) is 0 Å². The molecule has 2 aromatic carbocycles. The number of nitrogens with zero attached hydrogens (tertiary/aromatic N) is 1. The lowest BCUT2D eigenvalue weighted by Crippen LogP contribution is -2.16. The zero-order valence-electron chi connectivity index (χ0n) is 14.6. The predicted molar refractivity (Wildman–Crippen MR) is 104 cm³/mol. The van der Waals surface area contributed by atoms with Gasteiger partial charge < -0.3 is 0 Å². The fourth-order valence-corrected chi connectivity index (χ4v) is 3.52. The van der Waals surface area contributed by atoms with E-state index in [1.807, 2.05) is 6.08 Å². The number of hydrogen-bond acceptors (Lipinski definition) is 1. The van der Waals surface area contributed by atoms with Gasteiger partial charge in [0, 0.05) is 0 Å². The van der Waals surface area contributed by atoms with Crippen LogP contribution < -0.4 is 0 Å². The Morgan fingerprint density at radius 1 is 0.917 bits per heavy atom. The van der Waals surface area contributed by atoms with Gasteiger partial charge in [0.05, 0.1) is 11.3 Å². The van der Waals surface area contributed by atoms with Gasteiger partial charge in [-0.1, -0.05) is 66.7 Å². The van der Waals surface area contributed by atoms with E-state index in [0.29, 0.717) is 0 Å². The molecule has 0 fully saturated rings. The molecular formula is C23H25N. The molecular weight excluding hydrogens is 290 g/mol. The topological polar surface area (TPSA) is 12.4 Å². The van der Waals surface area contributed by atoms with Gasteiger partial charge in [-0.25, -0.2) is 0 Å². The summed E-state index contributed by atoms with van der Waals surface area (Å²) in [4.78, 5) is 5.13. The molecule has 1 aliphatic rings. The Balaban J connectivity index is 2.11. The number of aliphatic imine (C=N–C) groups is 1. The summed E-state index contributed by atoms with van der Waals surface area (Å²) in [6.07, 6.45) is 5.18. The second-order valence-corrected chi connectivity index (χ2v) is 6.79. The molecule has 0 bridgehead atoms. The molecule has 0 saturated heterocycles. The maximum Gasteiger partial charge on any atom is 0.0817 e. The van der Waals surface area contributed by atoms with E-state index in [-0.39, 0.29) is 5.54 Å². The Labute approximate surface area is 145 Å². The summed E-state index contributed by atoms with van der Waals surface area (Å²) in [6, 6.07) is 21.3. The molecule has 0 aliphatic carbocycles. The number of allylic oxidation sites excluding steroid dienone is 2. The second-order valence-electron chi connectivity index (χ2n) is 6.79. The first kappa shape index (κ1) is 16.4. The maximum atomic E-state index is 5.13. The van der Waals surface area contributed by atoms with Gasteiger partial charge in [-0.3, -0.25) is 4.99 Å². The van der Waals surface area contributed by atoms with Crippen molar-refractivity contribution in [3.05, 3.63) is 90.0 Å². The van der Waals surface area contributed by atoms with Crippen molar-refractivity contribution >= 4 is 11.3 Å². The fraction of sp³-hybridized carbons (Fsp3) is 0.261. The average molecular weight is 315 g/mol. The minimum atomic E-state index is -0.198. The third-order valence-corrected chi connectivity index (χ3v) is 4.54. The van der Waals surface area contributed by atoms with E-state index >= 15 is 0 Å². The Bertz CT molecular complexity index is 764. The largest absolute Gasteiger partial charge is 0.274 e. The molecule has 1 heteroatoms. The van der Waals surface area contributed by atoms with Gasteiger partial charge in [-0.2, -0.15) is 0 Å². The van der Waals surface area contributed by atoms with Crippen LogP contribution in [-0.4, -0.2) is 11.3 Å². The van der Waals surface area contributed by atoms with Crippen LogP contribution in [0.3, 0.4) is 0 Å². The lowest BCUT2D eigenvalue weighted by Gasteiger charge is -2.21. The van der Waals surface area contributed by atoms with Crippen LogP contribution in [0.25, 0.3) is 5.57 Å². The summed E-state index contributed by atoms with van der Waals surface area (Å²) < 4.78 is 0. The van der Waals surface area contributed by atoms with Crippen LogP contribution in [0.2, 0.25) is 0 Å². The van der Waals surface area contributed by atoms with Crippen LogP contribution >= 0.6 is 0 Å². The van der Waals surface area contributed by atoms with E-state index in [4.69, 9.17) is 4.99 Å². The van der Waals surface area contributed by atoms with Crippen LogP contribution in [-0.2, 0) is 0 Å². The van der Waals surface area contributed by atoms with E-state index in [1.165, 1.54) is 22.3 Å². The molecule has 0 unspecified atom stereocenters. The van der Waals surface area contributed by atoms with Crippen LogP contribution in [0.15, 0.2) is 83.9 Å². The van der Waals surface area contributed by atoms with Gasteiger partial charge in [-0.05, 0) is 55.4 Å². The van der Waals surface area contributed by atoms with E-state index in [9.17, 15) is 0 Å². The first-order valence-electron chi connectivity index (χ1n) is 8.69. The van der Waals surface area contributed by atoms with Crippen LogP contribution in [0.4, 0.5) is 0 Å². The van der Waals surface area contributed by atoms with Crippen LogP contribution in [0.1, 0.15) is 44.2 Å². The van der Waals surface area contributed by atoms with E-state index in [2.05, 4.69) is 81.1 Å². The highest BCUT2D eigenvalue weighted by molar-refractivity contribution is 6.20. The Morgan fingerprint density at radius 3 is 2.08 bits per heavy atom. The molecule has 1 heterocycles. The molecule has 0 amide bonds. The minimum absolute atomic E-state index is 0.198. The summed E-state index contributed by atoms with van der Waals surface area (Å²) in [7, 11) is 0. The molecule has 0 atom stereocenters. The van der Waals surface area contributed by atoms with Crippen molar-refractivity contribution in [2.45, 2.75) is 38.6 Å². The SMILES string of the molecule is C=CCCCC1=C(c2ccccc2)C(C)(C)N=C1c1ccccc1. The zero-order chi connectivity index (χ0) is 17.0. The van der Waals surface area contributed by atoms with E-state index in [0.717, 1.165) is 25.0 Å². The van der Waals surface area contributed by atoms with Gasteiger partial charge in [0.15, 0.2) is 0 Å². The van der Waals surface area contributed by atoms with Gasteiger partial charge in [0.25, 0.3) is 0 Å². The zero-order valence-corrected chi connectivity index (χ0v) is 14.6. The number of benzene rings is 2. The summed E-state index contributed by atoms with van der Waals surface area (Å²) in [5.74, 6) is 0. The van der Waals surface area contributed by atoms with Gasteiger partial charge in [0.2, 0.25) is 0 Å². The maximum absolute atomic E-state index is 5.13. The Kier molecular flexibility index (Phi) is 4.80. The summed E-state index contributed by atoms with van der Waals surface area (Å²) in [5, 5.41) is 0. The lowest BCUT2D eigenvalue weighted by molar-refractivity contribution is 0.688. The molecule has 0 radical (unpaired) electrons. The Hall–Kier alpha value is -2.41. The average Bonchev–Trinajstić information content (AvgIpc) is 2.87. The molecule has 0 saturated carbocycles. The molecule has 1 nitrogen and oxygen atoms in total. The summed E-state index contributed by atoms with van der Waals surface area (Å²) in [5.41, 5.74) is 6.21. The molecule has 1 aliphatic heterocycles. The third-order valence-electron chi connectivity index (χ3n) is 4.54. The van der Waals surface area contributed by atoms with E-state index in [1.54, 1.807) is 0 Å². The highest BCUT2D eigenvalue weighted by Gasteiger charge is 2.35. The van der Waals surface area contributed by atoms with Gasteiger partial charge in [0.1, 0.15) is 0 Å². The molecule has 0 N–H and O–H groups in total. The first-order valence-corrected chi connectivity index (χ1v) is 8.69. The van der Waals surface area contributed by atoms with Crippen molar-refractivity contribution in [2.75, 3.05) is 0 Å². The normalized spacial score (nSPS) is 16.2. The second kappa shape index (κ2) is 7.00. The van der Waals surface area contributed by atoms with Crippen molar-refractivity contribution in [1.29, 1.82) is 0 Å². The van der Waals surface area contributed by atoms with Crippen molar-refractivity contribution in [2.24, 2.45) is 4.99 Å². The monoisotopic (exact) mass is 315 g/mol. The number of unbranched alkanes of at least 4 members (excludes halogenated alkanes) is 1. The van der Waals surface area contributed by atoms with E-state index < -0.39 is 0 Å². The van der Waals surface area contributed by atoms with Crippen molar-refractivity contribution in [3.63, 3.8) is 0 Å². The standard InChI is InChI=1S/C23H25N/c1-4-5-8-17-20-21(18-13-9-6-10-14-18)23(2,3)24-22(20)19-15-11-7-12-16-19/h4,6-7,9-16H,1,5,8,17H2,2-3H3. The number of hydrogen-bond donors (Lipinski definition) is 0. The Morgan fingerprint density at radius 2 is 1.50 bits per heavy atom. The van der Waals surface area contributed by atoms with Crippen molar-refractivity contribution in [1.82, 2.24) is 0 Å². The molecule has 122 valence electrons. The highest BCUT2D eigenvalue weighted by atomic mass is 14.9. The molecule has 3 rings (SSSR count).